The topological polar surface area (TPSA) is 134 Å². The zero-order chi connectivity index (χ0) is 21.5. The van der Waals surface area contributed by atoms with Crippen molar-refractivity contribution in [2.24, 2.45) is 7.05 Å². The van der Waals surface area contributed by atoms with Crippen LogP contribution in [0.4, 0.5) is 10.6 Å². The summed E-state index contributed by atoms with van der Waals surface area (Å²) in [4.78, 5) is 21.2. The summed E-state index contributed by atoms with van der Waals surface area (Å²) in [5, 5.41) is 24.7. The first kappa shape index (κ1) is 19.0. The zero-order valence-electron chi connectivity index (χ0n) is 16.3. The first-order valence-corrected chi connectivity index (χ1v) is 9.82. The van der Waals surface area contributed by atoms with Crippen LogP contribution >= 0.6 is 11.6 Å². The molecule has 1 saturated carbocycles. The number of H-pyrrole nitrogens is 1. The second-order valence-electron chi connectivity index (χ2n) is 7.13. The Morgan fingerprint density at radius 1 is 1.35 bits per heavy atom. The minimum atomic E-state index is -0.670. The minimum Gasteiger partial charge on any atom is -0.446 e. The molecule has 1 aliphatic rings. The highest BCUT2D eigenvalue weighted by Crippen LogP contribution is 2.34. The highest BCUT2D eigenvalue weighted by molar-refractivity contribution is 6.35. The fraction of sp³-hybridized carbons (Fsp3) is 0.200. The molecule has 11 heteroatoms. The van der Waals surface area contributed by atoms with Crippen molar-refractivity contribution >= 4 is 34.4 Å². The van der Waals surface area contributed by atoms with E-state index in [0.29, 0.717) is 33.2 Å². The number of halogens is 1. The number of fused-ring (bicyclic) bond motifs is 1. The third kappa shape index (κ3) is 3.67. The van der Waals surface area contributed by atoms with Crippen LogP contribution in [0.5, 0.6) is 0 Å². The first-order valence-electron chi connectivity index (χ1n) is 9.44. The number of nitrogens with one attached hydrogen (secondary N) is 2. The van der Waals surface area contributed by atoms with Gasteiger partial charge in [-0.15, -0.1) is 0 Å². The average molecular weight is 435 g/mol. The lowest BCUT2D eigenvalue weighted by molar-refractivity contribution is 0.154. The molecule has 4 aromatic rings. The lowest BCUT2D eigenvalue weighted by Gasteiger charge is -2.12. The van der Waals surface area contributed by atoms with Gasteiger partial charge in [-0.3, -0.25) is 15.1 Å². The third-order valence-electron chi connectivity index (χ3n) is 4.75. The summed E-state index contributed by atoms with van der Waals surface area (Å²) in [6.07, 6.45) is 4.32. The molecule has 0 aliphatic heterocycles. The molecule has 10 nitrogen and oxygen atoms in total. The number of aromatic nitrogens is 6. The number of hydrogen-bond acceptors (Lipinski definition) is 7. The van der Waals surface area contributed by atoms with Crippen LogP contribution in [0.25, 0.3) is 33.5 Å². The minimum absolute atomic E-state index is 0.00744. The van der Waals surface area contributed by atoms with Crippen molar-refractivity contribution < 1.29 is 9.53 Å². The Bertz CT molecular complexity index is 1370. The summed E-state index contributed by atoms with van der Waals surface area (Å²) in [6, 6.07) is 7.32. The van der Waals surface area contributed by atoms with Gasteiger partial charge in [0.05, 0.1) is 16.7 Å². The molecule has 1 aliphatic carbocycles. The summed E-state index contributed by atoms with van der Waals surface area (Å²) >= 11 is 6.41. The molecule has 31 heavy (non-hydrogen) atoms. The molecule has 1 amide bonds. The number of aromatic amines is 1. The Morgan fingerprint density at radius 2 is 2.19 bits per heavy atom. The van der Waals surface area contributed by atoms with Crippen LogP contribution in [-0.2, 0) is 11.8 Å². The number of hydrogen-bond donors (Lipinski definition) is 2. The Labute approximate surface area is 180 Å². The number of ether oxygens (including phenoxy) is 1. The van der Waals surface area contributed by atoms with E-state index in [0.717, 1.165) is 18.2 Å². The van der Waals surface area contributed by atoms with Crippen molar-refractivity contribution in [1.29, 1.82) is 5.26 Å². The van der Waals surface area contributed by atoms with Crippen LogP contribution in [0, 0.1) is 11.3 Å². The fourth-order valence-electron chi connectivity index (χ4n) is 3.14. The molecule has 1 aromatic carbocycles. The number of anilines is 1. The van der Waals surface area contributed by atoms with Crippen LogP contribution in [0.15, 0.2) is 30.6 Å². The lowest BCUT2D eigenvalue weighted by Crippen LogP contribution is -2.17. The highest BCUT2D eigenvalue weighted by Gasteiger charge is 2.27. The van der Waals surface area contributed by atoms with Gasteiger partial charge in [-0.1, -0.05) is 11.6 Å². The molecule has 0 atom stereocenters. The van der Waals surface area contributed by atoms with Crippen molar-refractivity contribution in [3.8, 4) is 28.7 Å². The van der Waals surface area contributed by atoms with Crippen molar-refractivity contribution in [1.82, 2.24) is 29.9 Å². The summed E-state index contributed by atoms with van der Waals surface area (Å²) < 4.78 is 6.83. The number of rotatable bonds is 4. The summed E-state index contributed by atoms with van der Waals surface area (Å²) in [5.41, 5.74) is 2.60. The van der Waals surface area contributed by atoms with Gasteiger partial charge in [0, 0.05) is 24.2 Å². The van der Waals surface area contributed by atoms with Crippen molar-refractivity contribution in [3.63, 3.8) is 0 Å². The van der Waals surface area contributed by atoms with Crippen LogP contribution in [-0.4, -0.2) is 42.1 Å². The van der Waals surface area contributed by atoms with Crippen LogP contribution in [0.3, 0.4) is 0 Å². The monoisotopic (exact) mass is 434 g/mol. The molecule has 0 spiro atoms. The Morgan fingerprint density at radius 3 is 2.90 bits per heavy atom. The van der Waals surface area contributed by atoms with Gasteiger partial charge in [0.25, 0.3) is 0 Å². The van der Waals surface area contributed by atoms with Gasteiger partial charge in [-0.2, -0.15) is 15.5 Å². The van der Waals surface area contributed by atoms with E-state index in [1.165, 1.54) is 0 Å². The summed E-state index contributed by atoms with van der Waals surface area (Å²) in [5.74, 6) is 0.00744. The maximum Gasteiger partial charge on any atom is 0.413 e. The van der Waals surface area contributed by atoms with Gasteiger partial charge >= 0.3 is 6.09 Å². The van der Waals surface area contributed by atoms with Crippen molar-refractivity contribution in [2.75, 3.05) is 5.32 Å². The predicted molar refractivity (Wildman–Crippen MR) is 112 cm³/mol. The van der Waals surface area contributed by atoms with E-state index in [4.69, 9.17) is 16.3 Å². The van der Waals surface area contributed by atoms with E-state index in [-0.39, 0.29) is 17.6 Å². The quantitative estimate of drug-likeness (QED) is 0.500. The molecule has 5 rings (SSSR count). The zero-order valence-corrected chi connectivity index (χ0v) is 17.0. The molecule has 0 radical (unpaired) electrons. The fourth-order valence-corrected chi connectivity index (χ4v) is 3.40. The van der Waals surface area contributed by atoms with Gasteiger partial charge in [-0.05, 0) is 31.0 Å². The lowest BCUT2D eigenvalue weighted by atomic mass is 10.1. The summed E-state index contributed by atoms with van der Waals surface area (Å²) in [6.45, 7) is 0. The molecule has 154 valence electrons. The van der Waals surface area contributed by atoms with Crippen LogP contribution < -0.4 is 5.32 Å². The van der Waals surface area contributed by atoms with E-state index < -0.39 is 6.09 Å². The number of carbonyl (C=O) groups excluding carboxylic acids is 1. The standard InChI is InChI=1S/C20H15ClN8O2/c1-29-5-4-14(28-29)18-17(10-6-11-9-23-27-16(11)13(21)7-10)24-15(8-22)19(25-18)26-20(30)31-12-2-3-12/h4-7,9,12H,2-3H2,1H3,(H,23,27)(H,25,26,30). The normalized spacial score (nSPS) is 13.2. The van der Waals surface area contributed by atoms with E-state index in [9.17, 15) is 10.1 Å². The molecular weight excluding hydrogens is 420 g/mol. The number of nitrogens with zero attached hydrogens (tertiary/aromatic N) is 6. The van der Waals surface area contributed by atoms with E-state index in [1.807, 2.05) is 12.1 Å². The molecule has 0 saturated heterocycles. The van der Waals surface area contributed by atoms with Gasteiger partial charge in [0.2, 0.25) is 0 Å². The molecule has 0 unspecified atom stereocenters. The SMILES string of the molecule is Cn1ccc(-c2nc(NC(=O)OC3CC3)c(C#N)nc2-c2cc(Cl)c3[nH]ncc3c2)n1. The smallest absolute Gasteiger partial charge is 0.413 e. The number of aryl methyl sites for hydroxylation is 1. The highest BCUT2D eigenvalue weighted by atomic mass is 35.5. The molecule has 3 aromatic heterocycles. The van der Waals surface area contributed by atoms with Gasteiger partial charge in [0.1, 0.15) is 29.3 Å². The largest absolute Gasteiger partial charge is 0.446 e. The van der Waals surface area contributed by atoms with Gasteiger partial charge in [0.15, 0.2) is 11.5 Å². The molecular formula is C20H15ClN8O2. The van der Waals surface area contributed by atoms with E-state index in [2.05, 4.69) is 30.6 Å². The Balaban J connectivity index is 1.66. The first-order chi connectivity index (χ1) is 15.0. The Kier molecular flexibility index (Phi) is 4.52. The average Bonchev–Trinajstić information content (AvgIpc) is 3.23. The van der Waals surface area contributed by atoms with Gasteiger partial charge < -0.3 is 4.74 Å². The number of benzene rings is 1. The number of nitriles is 1. The van der Waals surface area contributed by atoms with E-state index >= 15 is 0 Å². The third-order valence-corrected chi connectivity index (χ3v) is 5.05. The maximum absolute atomic E-state index is 12.1. The Hall–Kier alpha value is -3.97. The van der Waals surface area contributed by atoms with Crippen molar-refractivity contribution in [2.45, 2.75) is 18.9 Å². The molecule has 0 bridgehead atoms. The van der Waals surface area contributed by atoms with E-state index in [1.54, 1.807) is 36.3 Å². The van der Waals surface area contributed by atoms with Crippen molar-refractivity contribution in [3.05, 3.63) is 41.3 Å². The van der Waals surface area contributed by atoms with Gasteiger partial charge in [-0.25, -0.2) is 14.8 Å². The second kappa shape index (κ2) is 7.37. The van der Waals surface area contributed by atoms with Crippen LogP contribution in [0.2, 0.25) is 5.02 Å². The predicted octanol–water partition coefficient (Wildman–Crippen LogP) is 3.66. The second-order valence-corrected chi connectivity index (χ2v) is 7.53. The molecule has 1 fully saturated rings. The van der Waals surface area contributed by atoms with Crippen LogP contribution in [0.1, 0.15) is 18.5 Å². The maximum atomic E-state index is 12.1. The summed E-state index contributed by atoms with van der Waals surface area (Å²) in [7, 11) is 1.78. The number of carbonyl (C=O) groups is 1. The molecule has 2 N–H and O–H groups in total. The number of amides is 1. The molecule has 3 heterocycles.